The van der Waals surface area contributed by atoms with Crippen LogP contribution in [0.3, 0.4) is 0 Å². The Morgan fingerprint density at radius 3 is 2.24 bits per heavy atom. The fourth-order valence-electron chi connectivity index (χ4n) is 5.90. The Morgan fingerprint density at radius 2 is 1.63 bits per heavy atom. The van der Waals surface area contributed by atoms with E-state index in [0.29, 0.717) is 39.8 Å². The summed E-state index contributed by atoms with van der Waals surface area (Å²) in [6, 6.07) is 14.6. The molecule has 1 aromatic carbocycles. The van der Waals surface area contributed by atoms with Crippen molar-refractivity contribution in [2.45, 2.75) is 103 Å². The molecule has 13 heteroatoms. The van der Waals surface area contributed by atoms with Gasteiger partial charge in [0.05, 0.1) is 28.0 Å². The van der Waals surface area contributed by atoms with Crippen molar-refractivity contribution in [3.05, 3.63) is 54.0 Å². The van der Waals surface area contributed by atoms with Crippen LogP contribution in [-0.4, -0.2) is 92.1 Å². The summed E-state index contributed by atoms with van der Waals surface area (Å²) in [5.41, 5.74) is 4.10. The number of carbonyl (C=O) groups is 1. The molecule has 4 heterocycles. The second kappa shape index (κ2) is 16.3. The third-order valence-electron chi connectivity index (χ3n) is 8.84. The Labute approximate surface area is 310 Å². The number of anilines is 1. The number of amides is 1. The summed E-state index contributed by atoms with van der Waals surface area (Å²) in [6.07, 6.45) is 3.42. The minimum absolute atomic E-state index is 0.0303. The van der Waals surface area contributed by atoms with Gasteiger partial charge in [0.15, 0.2) is 5.65 Å². The molecule has 0 spiro atoms. The van der Waals surface area contributed by atoms with Crippen LogP contribution >= 0.6 is 11.3 Å². The number of carbonyl (C=O) groups excluding carboxylic acids is 1. The van der Waals surface area contributed by atoms with E-state index in [2.05, 4.69) is 69.3 Å². The Balaban J connectivity index is 1.56. The van der Waals surface area contributed by atoms with Gasteiger partial charge in [-0.05, 0) is 52.6 Å². The zero-order valence-corrected chi connectivity index (χ0v) is 35.2. The van der Waals surface area contributed by atoms with Gasteiger partial charge in [0.2, 0.25) is 0 Å². The van der Waals surface area contributed by atoms with Crippen LogP contribution in [0.4, 0.5) is 10.6 Å². The van der Waals surface area contributed by atoms with E-state index in [4.69, 9.17) is 29.3 Å². The van der Waals surface area contributed by atoms with Crippen molar-refractivity contribution < 1.29 is 19.0 Å². The van der Waals surface area contributed by atoms with E-state index >= 15 is 0 Å². The van der Waals surface area contributed by atoms with Gasteiger partial charge in [0.1, 0.15) is 29.9 Å². The molecule has 0 radical (unpaired) electrons. The first kappa shape index (κ1) is 39.1. The smallest absolute Gasteiger partial charge is 0.410 e. The van der Waals surface area contributed by atoms with Crippen molar-refractivity contribution in [3.63, 3.8) is 0 Å². The number of ether oxygens (including phenoxy) is 3. The van der Waals surface area contributed by atoms with Gasteiger partial charge in [0.25, 0.3) is 0 Å². The maximum absolute atomic E-state index is 13.2. The number of likely N-dealkylation sites (tertiary alicyclic amines) is 1. The van der Waals surface area contributed by atoms with Crippen molar-refractivity contribution in [2.24, 2.45) is 0 Å². The number of aryl methyl sites for hydroxylation is 1. The molecule has 1 unspecified atom stereocenters. The fourth-order valence-corrected chi connectivity index (χ4v) is 8.49. The second-order valence-electron chi connectivity index (χ2n) is 17.1. The molecule has 51 heavy (non-hydrogen) atoms. The molecule has 1 atom stereocenters. The first-order valence-electron chi connectivity index (χ1n) is 18.3. The predicted octanol–water partition coefficient (Wildman–Crippen LogP) is 9.37. The second-order valence-corrected chi connectivity index (χ2v) is 29.4. The number of rotatable bonds is 14. The predicted molar refractivity (Wildman–Crippen MR) is 214 cm³/mol. The number of fused-ring (bicyclic) bond motifs is 1. The molecule has 3 aromatic heterocycles. The maximum atomic E-state index is 13.2. The SMILES string of the molecule is Cc1nc(-c2ccccc2)sc1-c1cnn2c(N(COCC[Si](C)(C)C)COCC[Si](C)(C)C)cc(C3CCCN(C(=O)OC(C)(C)C)C3)nc12. The Hall–Kier alpha value is -3.11. The molecule has 10 nitrogen and oxygen atoms in total. The monoisotopic (exact) mass is 750 g/mol. The largest absolute Gasteiger partial charge is 0.444 e. The lowest BCUT2D eigenvalue weighted by atomic mass is 9.94. The first-order valence-corrected chi connectivity index (χ1v) is 26.5. The van der Waals surface area contributed by atoms with E-state index in [1.165, 1.54) is 0 Å². The third kappa shape index (κ3) is 11.0. The van der Waals surface area contributed by atoms with E-state index in [-0.39, 0.29) is 12.0 Å². The molecular weight excluding hydrogens is 693 g/mol. The number of nitrogens with zero attached hydrogens (tertiary/aromatic N) is 6. The highest BCUT2D eigenvalue weighted by Gasteiger charge is 2.31. The number of piperidine rings is 1. The molecule has 1 saturated heterocycles. The maximum Gasteiger partial charge on any atom is 0.410 e. The number of hydrogen-bond acceptors (Lipinski definition) is 9. The minimum atomic E-state index is -1.27. The van der Waals surface area contributed by atoms with Crippen molar-refractivity contribution in [1.82, 2.24) is 24.5 Å². The highest BCUT2D eigenvalue weighted by Crippen LogP contribution is 2.39. The molecule has 278 valence electrons. The van der Waals surface area contributed by atoms with E-state index in [9.17, 15) is 4.79 Å². The molecule has 1 aliphatic rings. The van der Waals surface area contributed by atoms with Crippen LogP contribution in [-0.2, 0) is 14.2 Å². The Bertz CT molecular complexity index is 1740. The van der Waals surface area contributed by atoms with Gasteiger partial charge < -0.3 is 24.0 Å². The summed E-state index contributed by atoms with van der Waals surface area (Å²) in [5.74, 6) is 0.893. The zero-order valence-electron chi connectivity index (χ0n) is 32.4. The van der Waals surface area contributed by atoms with Gasteiger partial charge in [-0.25, -0.2) is 14.8 Å². The van der Waals surface area contributed by atoms with Crippen molar-refractivity contribution in [3.8, 4) is 21.0 Å². The van der Waals surface area contributed by atoms with E-state index in [1.54, 1.807) is 11.3 Å². The lowest BCUT2D eigenvalue weighted by Gasteiger charge is -2.34. The number of benzene rings is 1. The summed E-state index contributed by atoms with van der Waals surface area (Å²) < 4.78 is 20.4. The molecule has 0 bridgehead atoms. The average Bonchev–Trinajstić information content (AvgIpc) is 3.65. The highest BCUT2D eigenvalue weighted by molar-refractivity contribution is 7.18. The van der Waals surface area contributed by atoms with Crippen LogP contribution in [0.1, 0.15) is 50.9 Å². The Kier molecular flexibility index (Phi) is 12.5. The van der Waals surface area contributed by atoms with E-state index in [0.717, 1.165) is 68.8 Å². The van der Waals surface area contributed by atoms with Crippen LogP contribution in [0.2, 0.25) is 51.4 Å². The van der Waals surface area contributed by atoms with Crippen molar-refractivity contribution in [1.29, 1.82) is 0 Å². The molecule has 1 aliphatic heterocycles. The molecule has 1 amide bonds. The Morgan fingerprint density at radius 1 is 0.980 bits per heavy atom. The minimum Gasteiger partial charge on any atom is -0.444 e. The van der Waals surface area contributed by atoms with Crippen LogP contribution in [0.15, 0.2) is 42.6 Å². The number of thiazole rings is 1. The molecule has 4 aromatic rings. The van der Waals surface area contributed by atoms with E-state index < -0.39 is 21.7 Å². The lowest BCUT2D eigenvalue weighted by molar-refractivity contribution is 0.0197. The summed E-state index contributed by atoms with van der Waals surface area (Å²) in [4.78, 5) is 28.5. The average molecular weight is 751 g/mol. The van der Waals surface area contributed by atoms with Crippen molar-refractivity contribution in [2.75, 3.05) is 44.7 Å². The highest BCUT2D eigenvalue weighted by atomic mass is 32.1. The topological polar surface area (TPSA) is 94.3 Å². The quantitative estimate of drug-likeness (QED) is 0.0715. The first-order chi connectivity index (χ1) is 24.0. The van der Waals surface area contributed by atoms with Gasteiger partial charge in [-0.15, -0.1) is 11.3 Å². The summed E-state index contributed by atoms with van der Waals surface area (Å²) in [7, 11) is -2.55. The number of aromatic nitrogens is 4. The zero-order chi connectivity index (χ0) is 37.0. The number of hydrogen-bond donors (Lipinski definition) is 0. The molecule has 0 aliphatic carbocycles. The summed E-state index contributed by atoms with van der Waals surface area (Å²) in [6.45, 7) is 25.3. The standard InChI is InChI=1S/C38H58N6O4SSi2/c1-28-34(49-36(40-28)29-15-12-11-13-16-29)31-24-39-44-33(43(26-46-19-21-50(5,6)7)27-47-20-22-51(8,9)10)23-32(41-35(31)44)30-17-14-18-42(25-30)37(45)48-38(2,3)4/h11-13,15-16,23-24,30H,14,17-22,25-27H2,1-10H3. The summed E-state index contributed by atoms with van der Waals surface area (Å²) in [5, 5.41) is 5.92. The molecule has 5 rings (SSSR count). The lowest BCUT2D eigenvalue weighted by Crippen LogP contribution is -2.42. The van der Waals surface area contributed by atoms with Crippen LogP contribution in [0.25, 0.3) is 26.7 Å². The van der Waals surface area contributed by atoms with Crippen molar-refractivity contribution >= 4 is 45.0 Å². The van der Waals surface area contributed by atoms with E-state index in [1.807, 2.05) is 54.6 Å². The molecule has 1 fully saturated rings. The third-order valence-corrected chi connectivity index (χ3v) is 13.5. The molecule has 0 N–H and O–H groups in total. The van der Waals surface area contributed by atoms with Gasteiger partial charge in [-0.1, -0.05) is 69.6 Å². The van der Waals surface area contributed by atoms with Gasteiger partial charge in [-0.2, -0.15) is 9.61 Å². The molecular formula is C38H58N6O4SSi2. The van der Waals surface area contributed by atoms with Crippen LogP contribution < -0.4 is 4.90 Å². The molecule has 0 saturated carbocycles. The fraction of sp³-hybridized carbons (Fsp3) is 0.579. The van der Waals surface area contributed by atoms with Crippen LogP contribution in [0, 0.1) is 6.92 Å². The van der Waals surface area contributed by atoms with Gasteiger partial charge >= 0.3 is 6.09 Å². The van der Waals surface area contributed by atoms with Gasteiger partial charge in [0, 0.05) is 60.0 Å². The summed E-state index contributed by atoms with van der Waals surface area (Å²) >= 11 is 1.66. The normalized spacial score (nSPS) is 15.8. The van der Waals surface area contributed by atoms with Crippen LogP contribution in [0.5, 0.6) is 0 Å². The van der Waals surface area contributed by atoms with Gasteiger partial charge in [-0.3, -0.25) is 0 Å².